The normalized spacial score (nSPS) is 15.5. The van der Waals surface area contributed by atoms with Crippen molar-refractivity contribution in [3.63, 3.8) is 0 Å². The predicted octanol–water partition coefficient (Wildman–Crippen LogP) is 1.08. The molecule has 0 N–H and O–H groups in total. The Morgan fingerprint density at radius 1 is 1.29 bits per heavy atom. The molecule has 1 fully saturated rings. The summed E-state index contributed by atoms with van der Waals surface area (Å²) in [7, 11) is 0. The van der Waals surface area contributed by atoms with Gasteiger partial charge in [-0.05, 0) is 17.3 Å². The van der Waals surface area contributed by atoms with E-state index >= 15 is 0 Å². The molecule has 1 aromatic heterocycles. The van der Waals surface area contributed by atoms with E-state index in [1.807, 2.05) is 31.2 Å². The van der Waals surface area contributed by atoms with Crippen LogP contribution < -0.4 is 4.84 Å². The molecule has 5 heteroatoms. The summed E-state index contributed by atoms with van der Waals surface area (Å²) in [6.45, 7) is 4.11. The lowest BCUT2D eigenvalue weighted by atomic mass is 10.3. The minimum absolute atomic E-state index is 0.849. The van der Waals surface area contributed by atoms with Crippen molar-refractivity contribution in [1.29, 1.82) is 0 Å². The van der Waals surface area contributed by atoms with Crippen LogP contribution >= 0.6 is 0 Å². The fourth-order valence-electron chi connectivity index (χ4n) is 2.13. The van der Waals surface area contributed by atoms with Crippen molar-refractivity contribution in [2.75, 3.05) is 13.1 Å². The Balaban J connectivity index is 1.92. The maximum Gasteiger partial charge on any atom is 0.360 e. The highest BCUT2D eigenvalue weighted by molar-refractivity contribution is 5.75. The molecule has 17 heavy (non-hydrogen) atoms. The van der Waals surface area contributed by atoms with E-state index < -0.39 is 0 Å². The average molecular weight is 231 g/mol. The van der Waals surface area contributed by atoms with E-state index in [0.29, 0.717) is 0 Å². The first-order valence-corrected chi connectivity index (χ1v) is 5.92. The molecule has 0 aliphatic carbocycles. The van der Waals surface area contributed by atoms with Crippen LogP contribution in [0, 0.1) is 0 Å². The molecule has 1 aliphatic heterocycles. The number of hydrogen-bond acceptors (Lipinski definition) is 3. The molecule has 1 aromatic carbocycles. The van der Waals surface area contributed by atoms with Crippen LogP contribution in [0.1, 0.15) is 19.8 Å². The lowest BCUT2D eigenvalue weighted by Crippen LogP contribution is -2.27. The van der Waals surface area contributed by atoms with Crippen LogP contribution in [0.5, 0.6) is 0 Å². The molecule has 0 bridgehead atoms. The van der Waals surface area contributed by atoms with Crippen LogP contribution in [0.4, 0.5) is 0 Å². The van der Waals surface area contributed by atoms with E-state index in [4.69, 9.17) is 4.84 Å². The van der Waals surface area contributed by atoms with Crippen LogP contribution in [0.2, 0.25) is 0 Å². The molecular weight excluding hydrogens is 216 g/mol. The topological polar surface area (TPSA) is 42.9 Å². The quantitative estimate of drug-likeness (QED) is 0.545. The highest BCUT2D eigenvalue weighted by atomic mass is 16.7. The summed E-state index contributed by atoms with van der Waals surface area (Å²) in [6.07, 6.45) is 2.47. The lowest BCUT2D eigenvalue weighted by molar-refractivity contribution is -0.515. The summed E-state index contributed by atoms with van der Waals surface area (Å²) in [5.74, 6) is 0.887. The number of rotatable bonds is 1. The Bertz CT molecular complexity index is 565. The molecule has 0 saturated carbocycles. The zero-order chi connectivity index (χ0) is 11.7. The summed E-state index contributed by atoms with van der Waals surface area (Å²) in [6, 6.07) is 7.77. The van der Waals surface area contributed by atoms with Gasteiger partial charge >= 0.3 is 5.90 Å². The highest BCUT2D eigenvalue weighted by Gasteiger charge is 2.19. The number of hydrogen-bond donors (Lipinski definition) is 0. The fourth-order valence-corrected chi connectivity index (χ4v) is 2.13. The SMILES string of the molecule is CC(On1nnc2ccccc21)=[N+]1CCCC1. The van der Waals surface area contributed by atoms with Gasteiger partial charge < -0.3 is 0 Å². The average Bonchev–Trinajstić information content (AvgIpc) is 2.98. The number of para-hydroxylation sites is 1. The van der Waals surface area contributed by atoms with Crippen molar-refractivity contribution in [2.24, 2.45) is 0 Å². The van der Waals surface area contributed by atoms with Gasteiger partial charge in [0, 0.05) is 12.8 Å². The van der Waals surface area contributed by atoms with E-state index in [1.54, 1.807) is 0 Å². The molecule has 0 spiro atoms. The van der Waals surface area contributed by atoms with Crippen molar-refractivity contribution in [3.05, 3.63) is 24.3 Å². The van der Waals surface area contributed by atoms with Gasteiger partial charge in [0.1, 0.15) is 24.1 Å². The van der Waals surface area contributed by atoms with Gasteiger partial charge in [-0.1, -0.05) is 17.0 Å². The molecule has 0 amide bonds. The summed E-state index contributed by atoms with van der Waals surface area (Å²) < 4.78 is 2.23. The zero-order valence-electron chi connectivity index (χ0n) is 9.83. The zero-order valence-corrected chi connectivity index (χ0v) is 9.83. The molecule has 1 saturated heterocycles. The highest BCUT2D eigenvalue weighted by Crippen LogP contribution is 2.08. The van der Waals surface area contributed by atoms with Crippen LogP contribution in [0.3, 0.4) is 0 Å². The van der Waals surface area contributed by atoms with Crippen LogP contribution in [0.15, 0.2) is 24.3 Å². The van der Waals surface area contributed by atoms with Crippen molar-refractivity contribution < 1.29 is 9.41 Å². The second-order valence-electron chi connectivity index (χ2n) is 4.26. The van der Waals surface area contributed by atoms with Crippen LogP contribution in [-0.4, -0.2) is 38.7 Å². The second kappa shape index (κ2) is 4.16. The third kappa shape index (κ3) is 1.88. The minimum Gasteiger partial charge on any atom is -0.297 e. The summed E-state index contributed by atoms with van der Waals surface area (Å²) in [5.41, 5.74) is 1.74. The van der Waals surface area contributed by atoms with Gasteiger partial charge in [-0.2, -0.15) is 0 Å². The fraction of sp³-hybridized carbons (Fsp3) is 0.417. The Morgan fingerprint density at radius 2 is 2.06 bits per heavy atom. The number of nitrogens with zero attached hydrogens (tertiary/aromatic N) is 4. The van der Waals surface area contributed by atoms with Gasteiger partial charge in [0.2, 0.25) is 0 Å². The number of benzene rings is 1. The first-order valence-electron chi connectivity index (χ1n) is 5.92. The minimum atomic E-state index is 0.849. The predicted molar refractivity (Wildman–Crippen MR) is 64.0 cm³/mol. The molecular formula is C12H15N4O+. The smallest absolute Gasteiger partial charge is 0.297 e. The van der Waals surface area contributed by atoms with E-state index in [1.165, 1.54) is 17.7 Å². The molecule has 2 heterocycles. The first-order chi connectivity index (χ1) is 8.34. The third-order valence-electron chi connectivity index (χ3n) is 3.09. The van der Waals surface area contributed by atoms with Gasteiger partial charge in [0.25, 0.3) is 0 Å². The summed E-state index contributed by atoms with van der Waals surface area (Å²) in [5, 5.41) is 8.06. The van der Waals surface area contributed by atoms with Crippen LogP contribution in [-0.2, 0) is 0 Å². The Labute approximate surface area is 99.3 Å². The maximum atomic E-state index is 5.74. The maximum absolute atomic E-state index is 5.74. The molecule has 0 unspecified atom stereocenters. The van der Waals surface area contributed by atoms with E-state index in [2.05, 4.69) is 14.9 Å². The molecule has 88 valence electrons. The standard InChI is InChI=1S/C12H15N4O/c1-10(15-8-4-5-9-15)17-16-12-7-3-2-6-11(12)13-14-16/h2-3,6-7H,4-5,8-9H2,1H3/q+1. The monoisotopic (exact) mass is 231 g/mol. The second-order valence-corrected chi connectivity index (χ2v) is 4.26. The number of aromatic nitrogens is 3. The summed E-state index contributed by atoms with van der Waals surface area (Å²) >= 11 is 0. The molecule has 3 rings (SSSR count). The molecule has 5 nitrogen and oxygen atoms in total. The van der Waals surface area contributed by atoms with Gasteiger partial charge in [0.15, 0.2) is 0 Å². The van der Waals surface area contributed by atoms with Crippen LogP contribution in [0.25, 0.3) is 11.0 Å². The first kappa shape index (κ1) is 10.3. The number of fused-ring (bicyclic) bond motifs is 1. The lowest BCUT2D eigenvalue weighted by Gasteiger charge is -2.02. The van der Waals surface area contributed by atoms with Crippen molar-refractivity contribution >= 4 is 16.9 Å². The van der Waals surface area contributed by atoms with E-state index in [9.17, 15) is 0 Å². The van der Waals surface area contributed by atoms with E-state index in [-0.39, 0.29) is 0 Å². The van der Waals surface area contributed by atoms with Crippen molar-refractivity contribution in [1.82, 2.24) is 15.2 Å². The Morgan fingerprint density at radius 3 is 2.88 bits per heavy atom. The van der Waals surface area contributed by atoms with Gasteiger partial charge in [-0.15, -0.1) is 5.10 Å². The molecule has 2 aromatic rings. The van der Waals surface area contributed by atoms with E-state index in [0.717, 1.165) is 30.0 Å². The van der Waals surface area contributed by atoms with Crippen molar-refractivity contribution in [3.8, 4) is 0 Å². The molecule has 0 atom stereocenters. The molecule has 1 aliphatic rings. The Hall–Kier alpha value is -1.91. The van der Waals surface area contributed by atoms with Gasteiger partial charge in [-0.3, -0.25) is 4.84 Å². The van der Waals surface area contributed by atoms with Gasteiger partial charge in [0.05, 0.1) is 6.92 Å². The Kier molecular flexibility index (Phi) is 2.51. The largest absolute Gasteiger partial charge is 0.360 e. The third-order valence-corrected chi connectivity index (χ3v) is 3.09. The van der Waals surface area contributed by atoms with Crippen molar-refractivity contribution in [2.45, 2.75) is 19.8 Å². The molecule has 0 radical (unpaired) electrons. The summed E-state index contributed by atoms with van der Waals surface area (Å²) in [4.78, 5) is 7.23. The van der Waals surface area contributed by atoms with Gasteiger partial charge in [-0.25, -0.2) is 4.58 Å².